The molecule has 0 aliphatic carbocycles. The fraction of sp³-hybridized carbons (Fsp3) is 0.161. The van der Waals surface area contributed by atoms with Crippen LogP contribution in [0.2, 0.25) is 0 Å². The van der Waals surface area contributed by atoms with E-state index in [0.29, 0.717) is 34.6 Å². The van der Waals surface area contributed by atoms with Crippen LogP contribution in [-0.2, 0) is 22.4 Å². The van der Waals surface area contributed by atoms with Crippen molar-refractivity contribution in [3.8, 4) is 11.3 Å². The molecular formula is C31H26N4O3. The summed E-state index contributed by atoms with van der Waals surface area (Å²) in [6, 6.07) is 18.3. The van der Waals surface area contributed by atoms with E-state index in [9.17, 15) is 14.4 Å². The van der Waals surface area contributed by atoms with Crippen LogP contribution >= 0.6 is 0 Å². The van der Waals surface area contributed by atoms with Crippen LogP contribution in [-0.4, -0.2) is 32.5 Å². The van der Waals surface area contributed by atoms with Gasteiger partial charge >= 0.3 is 0 Å². The summed E-state index contributed by atoms with van der Waals surface area (Å²) in [5, 5.41) is 0. The Labute approximate surface area is 220 Å². The zero-order chi connectivity index (χ0) is 26.8. The first kappa shape index (κ1) is 24.9. The minimum atomic E-state index is -0.325. The lowest BCUT2D eigenvalue weighted by molar-refractivity contribution is -0.120. The van der Waals surface area contributed by atoms with Crippen molar-refractivity contribution in [3.63, 3.8) is 0 Å². The normalized spacial score (nSPS) is 13.4. The lowest BCUT2D eigenvalue weighted by Crippen LogP contribution is -2.31. The molecule has 0 saturated carbocycles. The van der Waals surface area contributed by atoms with E-state index >= 15 is 0 Å². The molecule has 1 aliphatic rings. The smallest absolute Gasteiger partial charge is 0.261 e. The molecule has 0 fully saturated rings. The third kappa shape index (κ3) is 4.91. The van der Waals surface area contributed by atoms with E-state index in [0.717, 1.165) is 32.8 Å². The molecule has 2 aromatic heterocycles. The lowest BCUT2D eigenvalue weighted by Gasteiger charge is -2.15. The average molecular weight is 503 g/mol. The minimum absolute atomic E-state index is 0.0502. The number of imide groups is 1. The third-order valence-corrected chi connectivity index (χ3v) is 6.85. The van der Waals surface area contributed by atoms with Crippen molar-refractivity contribution >= 4 is 23.3 Å². The van der Waals surface area contributed by atoms with Crippen molar-refractivity contribution in [2.45, 2.75) is 33.6 Å². The van der Waals surface area contributed by atoms with E-state index in [1.165, 1.54) is 0 Å². The summed E-state index contributed by atoms with van der Waals surface area (Å²) < 4.78 is 0. The van der Waals surface area contributed by atoms with Gasteiger partial charge in [-0.2, -0.15) is 0 Å². The molecule has 2 amide bonds. The Morgan fingerprint density at radius 1 is 0.868 bits per heavy atom. The lowest BCUT2D eigenvalue weighted by atomic mass is 9.97. The number of Topliss-reactive ketones (excluding diaryl/α,β-unsaturated/α-hetero) is 1. The van der Waals surface area contributed by atoms with Crippen LogP contribution in [0, 0.1) is 6.92 Å². The van der Waals surface area contributed by atoms with E-state index in [4.69, 9.17) is 4.98 Å². The van der Waals surface area contributed by atoms with Crippen LogP contribution in [0.25, 0.3) is 11.3 Å². The monoisotopic (exact) mass is 502 g/mol. The molecule has 7 heteroatoms. The molecule has 2 aromatic carbocycles. The predicted octanol–water partition coefficient (Wildman–Crippen LogP) is 5.07. The number of hydrogen-bond acceptors (Lipinski definition) is 6. The highest BCUT2D eigenvalue weighted by molar-refractivity contribution is 6.32. The summed E-state index contributed by atoms with van der Waals surface area (Å²) in [5.74, 6) is -0.00680. The number of rotatable bonds is 7. The third-order valence-electron chi connectivity index (χ3n) is 6.85. The summed E-state index contributed by atoms with van der Waals surface area (Å²) in [6.45, 7) is 5.32. The second kappa shape index (κ2) is 10.3. The van der Waals surface area contributed by atoms with Crippen LogP contribution in [0.15, 0.2) is 90.4 Å². The summed E-state index contributed by atoms with van der Waals surface area (Å²) in [4.78, 5) is 52.4. The Balaban J connectivity index is 1.30. The molecule has 0 radical (unpaired) electrons. The Kier molecular flexibility index (Phi) is 6.75. The molecular weight excluding hydrogens is 476 g/mol. The van der Waals surface area contributed by atoms with Gasteiger partial charge in [0, 0.05) is 53.7 Å². The first-order valence-corrected chi connectivity index (χ1v) is 12.3. The van der Waals surface area contributed by atoms with Crippen LogP contribution in [0.3, 0.4) is 0 Å². The first-order valence-electron chi connectivity index (χ1n) is 12.3. The molecule has 0 spiro atoms. The Bertz CT molecular complexity index is 1570. The second-order valence-corrected chi connectivity index (χ2v) is 9.38. The van der Waals surface area contributed by atoms with Gasteiger partial charge < -0.3 is 0 Å². The van der Waals surface area contributed by atoms with E-state index in [-0.39, 0.29) is 24.0 Å². The summed E-state index contributed by atoms with van der Waals surface area (Å²) in [7, 11) is 0. The molecule has 188 valence electrons. The van der Waals surface area contributed by atoms with Crippen molar-refractivity contribution in [2.75, 3.05) is 4.90 Å². The number of aromatic nitrogens is 3. The molecule has 0 N–H and O–H groups in total. The number of anilines is 1. The van der Waals surface area contributed by atoms with Crippen LogP contribution < -0.4 is 4.90 Å². The van der Waals surface area contributed by atoms with Gasteiger partial charge in [-0.3, -0.25) is 19.4 Å². The predicted molar refractivity (Wildman–Crippen MR) is 145 cm³/mol. The molecule has 0 unspecified atom stereocenters. The molecule has 4 aromatic rings. The Hall–Kier alpha value is -4.78. The number of amides is 2. The minimum Gasteiger partial charge on any atom is -0.294 e. The van der Waals surface area contributed by atoms with E-state index in [2.05, 4.69) is 9.97 Å². The maximum Gasteiger partial charge on any atom is 0.261 e. The Morgan fingerprint density at radius 3 is 2.29 bits per heavy atom. The molecule has 5 rings (SSSR count). The van der Waals surface area contributed by atoms with Gasteiger partial charge in [0.15, 0.2) is 5.78 Å². The maximum atomic E-state index is 13.0. The number of aryl methyl sites for hydroxylation is 1. The average Bonchev–Trinajstić information content (AvgIpc) is 3.13. The van der Waals surface area contributed by atoms with Gasteiger partial charge in [0.1, 0.15) is 5.82 Å². The van der Waals surface area contributed by atoms with Gasteiger partial charge in [-0.1, -0.05) is 18.2 Å². The van der Waals surface area contributed by atoms with Gasteiger partial charge in [-0.05, 0) is 79.9 Å². The molecule has 38 heavy (non-hydrogen) atoms. The van der Waals surface area contributed by atoms with Crippen molar-refractivity contribution < 1.29 is 14.4 Å². The Morgan fingerprint density at radius 2 is 1.61 bits per heavy atom. The zero-order valence-corrected chi connectivity index (χ0v) is 21.4. The number of carbonyl (C=O) groups excluding carboxylic acids is 3. The topological polar surface area (TPSA) is 93.1 Å². The highest BCUT2D eigenvalue weighted by Crippen LogP contribution is 2.27. The highest BCUT2D eigenvalue weighted by atomic mass is 16.2. The maximum absolute atomic E-state index is 13.0. The summed E-state index contributed by atoms with van der Waals surface area (Å²) in [5.41, 5.74) is 6.65. The molecule has 0 atom stereocenters. The van der Waals surface area contributed by atoms with Crippen LogP contribution in [0.1, 0.15) is 46.7 Å². The van der Waals surface area contributed by atoms with Gasteiger partial charge in [0.25, 0.3) is 11.8 Å². The van der Waals surface area contributed by atoms with Gasteiger partial charge in [0.05, 0.1) is 11.4 Å². The fourth-order valence-corrected chi connectivity index (χ4v) is 4.42. The van der Waals surface area contributed by atoms with Crippen LogP contribution in [0.5, 0.6) is 0 Å². The zero-order valence-electron chi connectivity index (χ0n) is 21.4. The summed E-state index contributed by atoms with van der Waals surface area (Å²) >= 11 is 0. The molecule has 0 saturated heterocycles. The molecule has 0 bridgehead atoms. The number of nitrogens with zero attached hydrogens (tertiary/aromatic N) is 4. The standard InChI is InChI=1S/C31H26N4O3/c1-19-6-7-22(15-25(19)17-29-33-14-12-27(34-29)24-5-4-13-32-18-24)16-28(36)23-8-10-26(11-9-23)35-30(37)20(2)21(3)31(35)38/h4-15,18H,16-17H2,1-3H3. The van der Waals surface area contributed by atoms with Crippen LogP contribution in [0.4, 0.5) is 5.69 Å². The molecule has 1 aliphatic heterocycles. The summed E-state index contributed by atoms with van der Waals surface area (Å²) in [6.07, 6.45) is 6.02. The van der Waals surface area contributed by atoms with Gasteiger partial charge in [-0.25, -0.2) is 14.9 Å². The highest BCUT2D eigenvalue weighted by Gasteiger charge is 2.34. The van der Waals surface area contributed by atoms with Crippen molar-refractivity contribution in [3.05, 3.63) is 118 Å². The number of ketones is 1. The quantitative estimate of drug-likeness (QED) is 0.259. The SMILES string of the molecule is CC1=C(C)C(=O)N(c2ccc(C(=O)Cc3ccc(C)c(Cc4nccc(-c5cccnc5)n4)c3)cc2)C1=O. The molecule has 3 heterocycles. The molecule has 7 nitrogen and oxygen atoms in total. The number of benzene rings is 2. The first-order chi connectivity index (χ1) is 18.3. The van der Waals surface area contributed by atoms with E-state index < -0.39 is 0 Å². The van der Waals surface area contributed by atoms with Crippen molar-refractivity contribution in [1.29, 1.82) is 0 Å². The van der Waals surface area contributed by atoms with E-state index in [1.807, 2.05) is 43.3 Å². The number of carbonyl (C=O) groups is 3. The van der Waals surface area contributed by atoms with Gasteiger partial charge in [0.2, 0.25) is 0 Å². The largest absolute Gasteiger partial charge is 0.294 e. The second-order valence-electron chi connectivity index (χ2n) is 9.38. The van der Waals surface area contributed by atoms with E-state index in [1.54, 1.807) is 56.7 Å². The number of pyridine rings is 1. The van der Waals surface area contributed by atoms with Crippen molar-refractivity contribution in [1.82, 2.24) is 15.0 Å². The van der Waals surface area contributed by atoms with Crippen molar-refractivity contribution in [2.24, 2.45) is 0 Å². The van der Waals surface area contributed by atoms with Gasteiger partial charge in [-0.15, -0.1) is 0 Å². The fourth-order valence-electron chi connectivity index (χ4n) is 4.42. The number of hydrogen-bond donors (Lipinski definition) is 0.